The molecule has 0 saturated carbocycles. The molecule has 1 heterocycles. The summed E-state index contributed by atoms with van der Waals surface area (Å²) in [5, 5.41) is 3.23. The van der Waals surface area contributed by atoms with Gasteiger partial charge in [-0.3, -0.25) is 4.79 Å². The molecule has 1 radical (unpaired) electrons. The van der Waals surface area contributed by atoms with Gasteiger partial charge in [0.15, 0.2) is 0 Å². The van der Waals surface area contributed by atoms with Gasteiger partial charge >= 0.3 is 0 Å². The number of hydrogen-bond acceptors (Lipinski definition) is 2. The number of fused-ring (bicyclic) bond motifs is 1. The number of hydrogen-bond donors (Lipinski definition) is 1. The number of carbonyl (C=O) groups is 1. The Labute approximate surface area is 77.4 Å². The number of rotatable bonds is 0. The van der Waals surface area contributed by atoms with Crippen LogP contribution in [0.4, 0.5) is 5.69 Å². The minimum absolute atomic E-state index is 0.0538. The minimum Gasteiger partial charge on any atom is -0.365 e. The van der Waals surface area contributed by atoms with E-state index >= 15 is 0 Å². The lowest BCUT2D eigenvalue weighted by Crippen LogP contribution is -2.44. The van der Waals surface area contributed by atoms with Crippen molar-refractivity contribution < 1.29 is 4.79 Å². The molecule has 1 aromatic rings. The lowest BCUT2D eigenvalue weighted by molar-refractivity contribution is 0.0748. The maximum absolute atomic E-state index is 11.7. The molecule has 1 N–H and O–H groups in total. The Morgan fingerprint density at radius 3 is 3.15 bits per heavy atom. The molecule has 3 heteroatoms. The predicted molar refractivity (Wildman–Crippen MR) is 50.5 cm³/mol. The molecule has 1 aliphatic heterocycles. The van der Waals surface area contributed by atoms with Crippen molar-refractivity contribution in [2.45, 2.75) is 13.1 Å². The first-order valence-corrected chi connectivity index (χ1v) is 4.24. The van der Waals surface area contributed by atoms with E-state index in [4.69, 9.17) is 0 Å². The molecule has 13 heavy (non-hydrogen) atoms. The van der Waals surface area contributed by atoms with Gasteiger partial charge in [-0.05, 0) is 25.1 Å². The van der Waals surface area contributed by atoms with E-state index in [1.807, 2.05) is 13.0 Å². The Kier molecular flexibility index (Phi) is 1.72. The molecule has 1 aromatic carbocycles. The standard InChI is InChI=1S/C10H11N2O/c1-7-11-9-6-4-3-5-8(9)10(13)12(7)2/h4-7,11H,1-2H3. The van der Waals surface area contributed by atoms with Gasteiger partial charge in [0.25, 0.3) is 5.91 Å². The summed E-state index contributed by atoms with van der Waals surface area (Å²) in [6.45, 7) is 1.96. The highest BCUT2D eigenvalue weighted by atomic mass is 16.2. The molecule has 0 bridgehead atoms. The third kappa shape index (κ3) is 1.16. The molecule has 0 aliphatic carbocycles. The van der Waals surface area contributed by atoms with Crippen LogP contribution in [0.25, 0.3) is 0 Å². The molecule has 1 aliphatic rings. The molecule has 0 aromatic heterocycles. The number of benzene rings is 1. The van der Waals surface area contributed by atoms with Crippen LogP contribution in [0, 0.1) is 6.07 Å². The van der Waals surface area contributed by atoms with Crippen LogP contribution in [0.1, 0.15) is 17.3 Å². The van der Waals surface area contributed by atoms with Gasteiger partial charge < -0.3 is 10.2 Å². The number of amides is 1. The Bertz CT molecular complexity index is 349. The normalized spacial score (nSPS) is 20.9. The summed E-state index contributed by atoms with van der Waals surface area (Å²) in [4.78, 5) is 13.4. The first-order chi connectivity index (χ1) is 6.20. The van der Waals surface area contributed by atoms with Crippen LogP contribution in [0.15, 0.2) is 18.2 Å². The minimum atomic E-state index is 0.0538. The lowest BCUT2D eigenvalue weighted by Gasteiger charge is -2.32. The quantitative estimate of drug-likeness (QED) is 0.645. The second-order valence-electron chi connectivity index (χ2n) is 3.21. The Hall–Kier alpha value is -1.51. The van der Waals surface area contributed by atoms with Crippen molar-refractivity contribution in [3.63, 3.8) is 0 Å². The second kappa shape index (κ2) is 2.76. The first kappa shape index (κ1) is 8.10. The Morgan fingerprint density at radius 2 is 2.38 bits per heavy atom. The van der Waals surface area contributed by atoms with E-state index in [2.05, 4.69) is 11.4 Å². The van der Waals surface area contributed by atoms with E-state index in [1.165, 1.54) is 0 Å². The molecule has 0 saturated heterocycles. The van der Waals surface area contributed by atoms with Gasteiger partial charge in [0, 0.05) is 12.7 Å². The molecule has 1 atom stereocenters. The average Bonchev–Trinajstić information content (AvgIpc) is 2.15. The molecule has 1 unspecified atom stereocenters. The fraction of sp³-hybridized carbons (Fsp3) is 0.300. The maximum Gasteiger partial charge on any atom is 0.257 e. The van der Waals surface area contributed by atoms with Gasteiger partial charge in [-0.2, -0.15) is 0 Å². The van der Waals surface area contributed by atoms with Gasteiger partial charge in [0.1, 0.15) is 0 Å². The smallest absolute Gasteiger partial charge is 0.257 e. The van der Waals surface area contributed by atoms with E-state index < -0.39 is 0 Å². The number of carbonyl (C=O) groups excluding carboxylic acids is 1. The summed E-state index contributed by atoms with van der Waals surface area (Å²) in [6, 6.07) is 8.29. The lowest BCUT2D eigenvalue weighted by atomic mass is 10.1. The third-order valence-corrected chi connectivity index (χ3v) is 2.36. The monoisotopic (exact) mass is 175 g/mol. The van der Waals surface area contributed by atoms with Gasteiger partial charge in [0.05, 0.1) is 11.7 Å². The fourth-order valence-electron chi connectivity index (χ4n) is 1.42. The predicted octanol–water partition coefficient (Wildman–Crippen LogP) is 1.33. The van der Waals surface area contributed by atoms with E-state index in [0.29, 0.717) is 5.56 Å². The summed E-state index contributed by atoms with van der Waals surface area (Å²) in [7, 11) is 1.79. The van der Waals surface area contributed by atoms with E-state index in [-0.39, 0.29) is 12.1 Å². The zero-order valence-electron chi connectivity index (χ0n) is 7.66. The van der Waals surface area contributed by atoms with Crippen molar-refractivity contribution in [1.29, 1.82) is 0 Å². The topological polar surface area (TPSA) is 32.3 Å². The molecule has 2 rings (SSSR count). The van der Waals surface area contributed by atoms with Crippen LogP contribution in [-0.2, 0) is 0 Å². The second-order valence-corrected chi connectivity index (χ2v) is 3.21. The van der Waals surface area contributed by atoms with Gasteiger partial charge in [-0.15, -0.1) is 0 Å². The van der Waals surface area contributed by atoms with Crippen LogP contribution in [0.2, 0.25) is 0 Å². The van der Waals surface area contributed by atoms with Crippen LogP contribution < -0.4 is 5.32 Å². The maximum atomic E-state index is 11.7. The van der Waals surface area contributed by atoms with E-state index in [9.17, 15) is 4.79 Å². The zero-order valence-corrected chi connectivity index (χ0v) is 7.66. The SMILES string of the molecule is CC1Nc2cc[c]cc2C(=O)N1C. The highest BCUT2D eigenvalue weighted by Gasteiger charge is 2.25. The van der Waals surface area contributed by atoms with Crippen molar-refractivity contribution in [3.8, 4) is 0 Å². The highest BCUT2D eigenvalue weighted by Crippen LogP contribution is 2.23. The number of anilines is 1. The summed E-state index contributed by atoms with van der Waals surface area (Å²) in [5.41, 5.74) is 1.59. The van der Waals surface area contributed by atoms with Gasteiger partial charge in [0.2, 0.25) is 0 Å². The molecule has 0 spiro atoms. The number of nitrogens with zero attached hydrogens (tertiary/aromatic N) is 1. The van der Waals surface area contributed by atoms with Gasteiger partial charge in [-0.25, -0.2) is 0 Å². The van der Waals surface area contributed by atoms with Crippen LogP contribution in [0.3, 0.4) is 0 Å². The van der Waals surface area contributed by atoms with Crippen molar-refractivity contribution in [2.24, 2.45) is 0 Å². The molecule has 67 valence electrons. The van der Waals surface area contributed by atoms with Crippen molar-refractivity contribution in [1.82, 2.24) is 4.90 Å². The molecule has 3 nitrogen and oxygen atoms in total. The highest BCUT2D eigenvalue weighted by molar-refractivity contribution is 6.01. The summed E-state index contributed by atoms with van der Waals surface area (Å²) >= 11 is 0. The zero-order chi connectivity index (χ0) is 9.42. The van der Waals surface area contributed by atoms with Crippen molar-refractivity contribution in [2.75, 3.05) is 12.4 Å². The summed E-state index contributed by atoms with van der Waals surface area (Å²) in [6.07, 6.45) is 0.0578. The molecule has 0 fully saturated rings. The van der Waals surface area contributed by atoms with Gasteiger partial charge in [-0.1, -0.05) is 6.07 Å². The van der Waals surface area contributed by atoms with Crippen molar-refractivity contribution >= 4 is 11.6 Å². The fourth-order valence-corrected chi connectivity index (χ4v) is 1.42. The average molecular weight is 175 g/mol. The third-order valence-electron chi connectivity index (χ3n) is 2.36. The van der Waals surface area contributed by atoms with E-state index in [0.717, 1.165) is 5.69 Å². The largest absolute Gasteiger partial charge is 0.365 e. The van der Waals surface area contributed by atoms with Crippen molar-refractivity contribution in [3.05, 3.63) is 29.8 Å². The van der Waals surface area contributed by atoms with Crippen LogP contribution in [-0.4, -0.2) is 24.0 Å². The Morgan fingerprint density at radius 1 is 1.62 bits per heavy atom. The van der Waals surface area contributed by atoms with E-state index in [1.54, 1.807) is 24.1 Å². The molecular weight excluding hydrogens is 164 g/mol. The molecular formula is C10H11N2O. The Balaban J connectivity index is 2.49. The number of nitrogens with one attached hydrogen (secondary N) is 1. The summed E-state index contributed by atoms with van der Waals surface area (Å²) in [5.74, 6) is 0.0538. The van der Waals surface area contributed by atoms with Crippen LogP contribution >= 0.6 is 0 Å². The first-order valence-electron chi connectivity index (χ1n) is 4.24. The molecule has 1 amide bonds. The summed E-state index contributed by atoms with van der Waals surface area (Å²) < 4.78 is 0. The van der Waals surface area contributed by atoms with Crippen LogP contribution in [0.5, 0.6) is 0 Å².